The first-order chi connectivity index (χ1) is 14.1. The Labute approximate surface area is 175 Å². The van der Waals surface area contributed by atoms with E-state index in [1.165, 1.54) is 19.5 Å². The van der Waals surface area contributed by atoms with Crippen molar-refractivity contribution >= 4 is 34.0 Å². The van der Waals surface area contributed by atoms with E-state index in [-0.39, 0.29) is 11.7 Å². The van der Waals surface area contributed by atoms with E-state index in [2.05, 4.69) is 31.4 Å². The van der Waals surface area contributed by atoms with Crippen LogP contribution in [0.15, 0.2) is 76.6 Å². The molecule has 3 rings (SSSR count). The van der Waals surface area contributed by atoms with E-state index in [4.69, 9.17) is 9.47 Å². The lowest BCUT2D eigenvalue weighted by molar-refractivity contribution is 0.0729. The van der Waals surface area contributed by atoms with Crippen LogP contribution in [-0.4, -0.2) is 30.2 Å². The lowest BCUT2D eigenvalue weighted by Crippen LogP contribution is -2.17. The fourth-order valence-corrected chi connectivity index (χ4v) is 2.75. The number of benzene rings is 2. The van der Waals surface area contributed by atoms with E-state index in [1.54, 1.807) is 54.7 Å². The van der Waals surface area contributed by atoms with Gasteiger partial charge in [0, 0.05) is 16.9 Å². The summed E-state index contributed by atoms with van der Waals surface area (Å²) in [4.78, 5) is 28.1. The second kappa shape index (κ2) is 9.61. The zero-order chi connectivity index (χ0) is 20.6. The highest BCUT2D eigenvalue weighted by molar-refractivity contribution is 9.10. The van der Waals surface area contributed by atoms with Crippen molar-refractivity contribution in [2.24, 2.45) is 5.10 Å². The number of methoxy groups -OCH3 is 1. The summed E-state index contributed by atoms with van der Waals surface area (Å²) >= 11 is 3.32. The average Bonchev–Trinajstić information content (AvgIpc) is 2.75. The maximum Gasteiger partial charge on any atom is 0.343 e. The SMILES string of the molecule is COc1cc(/C=N/NC(=O)c2cccnc2)ccc1OC(=O)c1cccc(Br)c1. The minimum atomic E-state index is -0.505. The predicted octanol–water partition coefficient (Wildman–Crippen LogP) is 3.84. The second-order valence-corrected chi connectivity index (χ2v) is 6.67. The van der Waals surface area contributed by atoms with E-state index in [0.29, 0.717) is 22.4 Å². The molecule has 0 spiro atoms. The van der Waals surface area contributed by atoms with Gasteiger partial charge in [0.25, 0.3) is 5.91 Å². The number of carbonyl (C=O) groups is 2. The maximum absolute atomic E-state index is 12.3. The third-order valence-corrected chi connectivity index (χ3v) is 4.25. The largest absolute Gasteiger partial charge is 0.493 e. The van der Waals surface area contributed by atoms with Crippen molar-refractivity contribution in [3.05, 3.63) is 88.2 Å². The Bertz CT molecular complexity index is 1050. The first kappa shape index (κ1) is 20.2. The Morgan fingerprint density at radius 1 is 1.07 bits per heavy atom. The third-order valence-electron chi connectivity index (χ3n) is 3.75. The molecule has 146 valence electrons. The number of amides is 1. The number of nitrogens with one attached hydrogen (secondary N) is 1. The molecule has 8 heteroatoms. The van der Waals surface area contributed by atoms with Gasteiger partial charge in [0.05, 0.1) is 24.5 Å². The van der Waals surface area contributed by atoms with Gasteiger partial charge in [-0.2, -0.15) is 5.10 Å². The number of aromatic nitrogens is 1. The molecule has 1 amide bonds. The van der Waals surface area contributed by atoms with E-state index in [0.717, 1.165) is 4.47 Å². The maximum atomic E-state index is 12.3. The molecular weight excluding hydrogens is 438 g/mol. The van der Waals surface area contributed by atoms with Crippen LogP contribution in [0.25, 0.3) is 0 Å². The quantitative estimate of drug-likeness (QED) is 0.265. The fourth-order valence-electron chi connectivity index (χ4n) is 2.35. The van der Waals surface area contributed by atoms with Gasteiger partial charge in [-0.3, -0.25) is 9.78 Å². The molecule has 0 unspecified atom stereocenters. The van der Waals surface area contributed by atoms with Crippen LogP contribution in [0.5, 0.6) is 11.5 Å². The zero-order valence-electron chi connectivity index (χ0n) is 15.3. The van der Waals surface area contributed by atoms with Crippen molar-refractivity contribution in [2.45, 2.75) is 0 Å². The van der Waals surface area contributed by atoms with Crippen LogP contribution in [0.2, 0.25) is 0 Å². The molecule has 0 radical (unpaired) electrons. The summed E-state index contributed by atoms with van der Waals surface area (Å²) in [5.74, 6) is -0.249. The number of hydrogen-bond acceptors (Lipinski definition) is 6. The van der Waals surface area contributed by atoms with E-state index in [1.807, 2.05) is 6.07 Å². The minimum absolute atomic E-state index is 0.272. The number of halogens is 1. The molecule has 0 aliphatic heterocycles. The molecule has 0 bridgehead atoms. The van der Waals surface area contributed by atoms with Gasteiger partial charge < -0.3 is 9.47 Å². The number of rotatable bonds is 6. The Morgan fingerprint density at radius 2 is 1.90 bits per heavy atom. The molecule has 0 aliphatic rings. The molecule has 0 fully saturated rings. The molecule has 0 aliphatic carbocycles. The molecule has 29 heavy (non-hydrogen) atoms. The van der Waals surface area contributed by atoms with Gasteiger partial charge in [0.2, 0.25) is 0 Å². The highest BCUT2D eigenvalue weighted by atomic mass is 79.9. The Hall–Kier alpha value is -3.52. The van der Waals surface area contributed by atoms with E-state index >= 15 is 0 Å². The number of nitrogens with zero attached hydrogens (tertiary/aromatic N) is 2. The predicted molar refractivity (Wildman–Crippen MR) is 111 cm³/mol. The molecule has 1 heterocycles. The highest BCUT2D eigenvalue weighted by Crippen LogP contribution is 2.28. The van der Waals surface area contributed by atoms with Gasteiger partial charge >= 0.3 is 5.97 Å². The van der Waals surface area contributed by atoms with Crippen LogP contribution in [-0.2, 0) is 0 Å². The summed E-state index contributed by atoms with van der Waals surface area (Å²) < 4.78 is 11.5. The smallest absolute Gasteiger partial charge is 0.343 e. The Kier molecular flexibility index (Phi) is 6.70. The summed E-state index contributed by atoms with van der Waals surface area (Å²) in [6.45, 7) is 0. The topological polar surface area (TPSA) is 89.9 Å². The molecule has 1 N–H and O–H groups in total. The van der Waals surface area contributed by atoms with Crippen molar-refractivity contribution in [3.8, 4) is 11.5 Å². The molecule has 7 nitrogen and oxygen atoms in total. The minimum Gasteiger partial charge on any atom is -0.493 e. The van der Waals surface area contributed by atoms with Crippen LogP contribution in [0.4, 0.5) is 0 Å². The summed E-state index contributed by atoms with van der Waals surface area (Å²) in [7, 11) is 1.47. The summed E-state index contributed by atoms with van der Waals surface area (Å²) in [5.41, 5.74) is 3.87. The molecule has 1 aromatic heterocycles. The van der Waals surface area contributed by atoms with Crippen LogP contribution in [0.3, 0.4) is 0 Å². The van der Waals surface area contributed by atoms with Crippen molar-refractivity contribution in [1.29, 1.82) is 0 Å². The van der Waals surface area contributed by atoms with E-state index < -0.39 is 5.97 Å². The molecule has 0 saturated heterocycles. The molecule has 3 aromatic rings. The molecule has 2 aromatic carbocycles. The lowest BCUT2D eigenvalue weighted by atomic mass is 10.2. The molecular formula is C21H16BrN3O4. The van der Waals surface area contributed by atoms with Crippen LogP contribution in [0, 0.1) is 0 Å². The number of carbonyl (C=O) groups excluding carboxylic acids is 2. The van der Waals surface area contributed by atoms with Gasteiger partial charge in [0.1, 0.15) is 0 Å². The van der Waals surface area contributed by atoms with Crippen LogP contribution >= 0.6 is 15.9 Å². The highest BCUT2D eigenvalue weighted by Gasteiger charge is 2.13. The standard InChI is InChI=1S/C21H16BrN3O4/c1-28-19-10-14(12-24-25-20(26)16-5-3-9-23-13-16)7-8-18(19)29-21(27)15-4-2-6-17(22)11-15/h2-13H,1H3,(H,25,26)/b24-12+. The lowest BCUT2D eigenvalue weighted by Gasteiger charge is -2.10. The van der Waals surface area contributed by atoms with Gasteiger partial charge in [-0.15, -0.1) is 0 Å². The van der Waals surface area contributed by atoms with Crippen LogP contribution in [0.1, 0.15) is 26.3 Å². The van der Waals surface area contributed by atoms with Crippen LogP contribution < -0.4 is 14.9 Å². The first-order valence-corrected chi connectivity index (χ1v) is 9.25. The first-order valence-electron chi connectivity index (χ1n) is 8.46. The summed E-state index contributed by atoms with van der Waals surface area (Å²) in [6, 6.07) is 15.1. The number of ether oxygens (including phenoxy) is 2. The Balaban J connectivity index is 1.68. The zero-order valence-corrected chi connectivity index (χ0v) is 16.9. The Morgan fingerprint density at radius 3 is 2.62 bits per heavy atom. The number of pyridine rings is 1. The fraction of sp³-hybridized carbons (Fsp3) is 0.0476. The van der Waals surface area contributed by atoms with Crippen molar-refractivity contribution in [2.75, 3.05) is 7.11 Å². The summed E-state index contributed by atoms with van der Waals surface area (Å²) in [6.07, 6.45) is 4.48. The number of hydrazone groups is 1. The number of esters is 1. The summed E-state index contributed by atoms with van der Waals surface area (Å²) in [5, 5.41) is 3.92. The van der Waals surface area contributed by atoms with Crippen molar-refractivity contribution in [3.63, 3.8) is 0 Å². The number of hydrogen-bond donors (Lipinski definition) is 1. The van der Waals surface area contributed by atoms with Gasteiger partial charge in [0.15, 0.2) is 11.5 Å². The average molecular weight is 454 g/mol. The van der Waals surface area contributed by atoms with Crippen molar-refractivity contribution in [1.82, 2.24) is 10.4 Å². The molecule has 0 saturated carbocycles. The monoisotopic (exact) mass is 453 g/mol. The van der Waals surface area contributed by atoms with Gasteiger partial charge in [-0.25, -0.2) is 10.2 Å². The third kappa shape index (κ3) is 5.49. The molecule has 0 atom stereocenters. The van der Waals surface area contributed by atoms with Crippen molar-refractivity contribution < 1.29 is 19.1 Å². The normalized spacial score (nSPS) is 10.6. The van der Waals surface area contributed by atoms with E-state index in [9.17, 15) is 9.59 Å². The van der Waals surface area contributed by atoms with Gasteiger partial charge in [-0.05, 0) is 54.1 Å². The van der Waals surface area contributed by atoms with Gasteiger partial charge in [-0.1, -0.05) is 22.0 Å². The second-order valence-electron chi connectivity index (χ2n) is 5.75.